The lowest BCUT2D eigenvalue weighted by molar-refractivity contribution is -0.167. The van der Waals surface area contributed by atoms with Crippen LogP contribution in [-0.4, -0.2) is 37.2 Å². The molecule has 0 aliphatic heterocycles. The molecule has 0 saturated carbocycles. The molecule has 1 unspecified atom stereocenters. The number of hydrogen-bond acceptors (Lipinski definition) is 6. The van der Waals surface area contributed by atoms with Gasteiger partial charge in [0.25, 0.3) is 0 Å². The molecule has 0 aromatic rings. The van der Waals surface area contributed by atoms with Crippen molar-refractivity contribution >= 4 is 17.9 Å². The molecular weight excluding hydrogens is 973 g/mol. The van der Waals surface area contributed by atoms with E-state index in [0.717, 1.165) is 141 Å². The lowest BCUT2D eigenvalue weighted by Crippen LogP contribution is -2.30. The summed E-state index contributed by atoms with van der Waals surface area (Å²) in [6.45, 7) is 6.26. The minimum atomic E-state index is -0.817. The zero-order chi connectivity index (χ0) is 57.1. The average Bonchev–Trinajstić information content (AvgIpc) is 3.45. The number of hydrogen-bond donors (Lipinski definition) is 0. The van der Waals surface area contributed by atoms with E-state index in [2.05, 4.69) is 179 Å². The van der Waals surface area contributed by atoms with Crippen molar-refractivity contribution < 1.29 is 28.6 Å². The van der Waals surface area contributed by atoms with E-state index in [1.54, 1.807) is 0 Å². The number of rotatable bonds is 56. The Labute approximate surface area is 486 Å². The smallest absolute Gasteiger partial charge is 0.306 e. The van der Waals surface area contributed by atoms with Crippen molar-refractivity contribution in [1.82, 2.24) is 0 Å². The van der Waals surface area contributed by atoms with Gasteiger partial charge in [-0.25, -0.2) is 0 Å². The summed E-state index contributed by atoms with van der Waals surface area (Å²) in [5.74, 6) is -0.967. The van der Waals surface area contributed by atoms with Gasteiger partial charge in [0.1, 0.15) is 13.2 Å². The van der Waals surface area contributed by atoms with Crippen LogP contribution in [0, 0.1) is 0 Å². The molecule has 0 aromatic carbocycles. The molecule has 0 heterocycles. The Balaban J connectivity index is 4.50. The SMILES string of the molecule is CC/C=C\C/C=C\C/C=C\C/C=C\C/C=C\C/C=C\CCCCC(=O)OC(COC(=O)CCCCCCCCC/C=C\C/C=C\C/C=C\CC)COC(=O)CCCCCCCCCCCC/C=C\C/C=C\C/C=C\C/C=C\CC. The van der Waals surface area contributed by atoms with Gasteiger partial charge < -0.3 is 14.2 Å². The monoisotopic (exact) mass is 1090 g/mol. The van der Waals surface area contributed by atoms with Gasteiger partial charge >= 0.3 is 17.9 Å². The molecule has 0 rings (SSSR count). The van der Waals surface area contributed by atoms with Crippen LogP contribution in [0.3, 0.4) is 0 Å². The predicted octanol–water partition coefficient (Wildman–Crippen LogP) is 22.1. The van der Waals surface area contributed by atoms with Gasteiger partial charge in [-0.1, -0.05) is 262 Å². The fourth-order valence-corrected chi connectivity index (χ4v) is 8.33. The molecule has 0 aromatic heterocycles. The summed E-state index contributed by atoms with van der Waals surface area (Å²) < 4.78 is 16.9. The van der Waals surface area contributed by atoms with Crippen LogP contribution in [0.1, 0.15) is 265 Å². The molecule has 0 radical (unpaired) electrons. The average molecular weight is 1090 g/mol. The third-order valence-electron chi connectivity index (χ3n) is 13.0. The second kappa shape index (κ2) is 65.5. The van der Waals surface area contributed by atoms with Crippen LogP contribution in [0.2, 0.25) is 0 Å². The first-order chi connectivity index (χ1) is 39.0. The zero-order valence-electron chi connectivity index (χ0n) is 50.8. The highest BCUT2D eigenvalue weighted by molar-refractivity contribution is 5.71. The summed E-state index contributed by atoms with van der Waals surface area (Å²) in [4.78, 5) is 38.4. The molecular formula is C73H116O6. The minimum absolute atomic E-state index is 0.108. The van der Waals surface area contributed by atoms with E-state index in [1.165, 1.54) is 77.0 Å². The van der Waals surface area contributed by atoms with E-state index in [0.29, 0.717) is 19.3 Å². The van der Waals surface area contributed by atoms with Crippen LogP contribution in [0.5, 0.6) is 0 Å². The first-order valence-electron chi connectivity index (χ1n) is 32.0. The first-order valence-corrected chi connectivity index (χ1v) is 32.0. The Morgan fingerprint density at radius 1 is 0.253 bits per heavy atom. The van der Waals surface area contributed by atoms with Crippen LogP contribution >= 0.6 is 0 Å². The lowest BCUT2D eigenvalue weighted by atomic mass is 10.1. The van der Waals surface area contributed by atoms with Crippen LogP contribution in [0.4, 0.5) is 0 Å². The Morgan fingerprint density at radius 3 is 0.734 bits per heavy atom. The second-order valence-electron chi connectivity index (χ2n) is 20.5. The van der Waals surface area contributed by atoms with Crippen molar-refractivity contribution in [3.63, 3.8) is 0 Å². The number of allylic oxidation sites excluding steroid dienone is 26. The number of carbonyl (C=O) groups excluding carboxylic acids is 3. The molecule has 0 fully saturated rings. The maximum atomic E-state index is 12.9. The van der Waals surface area contributed by atoms with Gasteiger partial charge in [-0.15, -0.1) is 0 Å². The highest BCUT2D eigenvalue weighted by Gasteiger charge is 2.19. The van der Waals surface area contributed by atoms with Crippen molar-refractivity contribution in [2.75, 3.05) is 13.2 Å². The van der Waals surface area contributed by atoms with Gasteiger partial charge in [0.05, 0.1) is 0 Å². The topological polar surface area (TPSA) is 78.9 Å². The summed E-state index contributed by atoms with van der Waals surface area (Å²) >= 11 is 0. The van der Waals surface area contributed by atoms with Gasteiger partial charge in [0.2, 0.25) is 0 Å². The highest BCUT2D eigenvalue weighted by Crippen LogP contribution is 2.15. The van der Waals surface area contributed by atoms with Crippen LogP contribution < -0.4 is 0 Å². The predicted molar refractivity (Wildman–Crippen MR) is 343 cm³/mol. The highest BCUT2D eigenvalue weighted by atomic mass is 16.6. The second-order valence-corrected chi connectivity index (χ2v) is 20.5. The third kappa shape index (κ3) is 63.7. The maximum Gasteiger partial charge on any atom is 0.306 e. The fraction of sp³-hybridized carbons (Fsp3) is 0.603. The van der Waals surface area contributed by atoms with E-state index >= 15 is 0 Å². The van der Waals surface area contributed by atoms with E-state index in [1.807, 2.05) is 0 Å². The lowest BCUT2D eigenvalue weighted by Gasteiger charge is -2.18. The quantitative estimate of drug-likeness (QED) is 0.0261. The number of esters is 3. The van der Waals surface area contributed by atoms with E-state index < -0.39 is 6.10 Å². The van der Waals surface area contributed by atoms with E-state index in [-0.39, 0.29) is 37.5 Å². The molecule has 6 heteroatoms. The van der Waals surface area contributed by atoms with E-state index in [4.69, 9.17) is 14.2 Å². The van der Waals surface area contributed by atoms with Gasteiger partial charge in [0, 0.05) is 19.3 Å². The summed E-state index contributed by atoms with van der Waals surface area (Å²) in [5, 5.41) is 0. The fourth-order valence-electron chi connectivity index (χ4n) is 8.33. The molecule has 444 valence electrons. The summed E-state index contributed by atoms with van der Waals surface area (Å²) in [6, 6.07) is 0. The molecule has 0 aliphatic rings. The molecule has 0 spiro atoms. The summed E-state index contributed by atoms with van der Waals surface area (Å²) in [5.41, 5.74) is 0. The Hall–Kier alpha value is -4.97. The summed E-state index contributed by atoms with van der Waals surface area (Å²) in [6.07, 6.45) is 95.3. The Kier molecular flexibility index (Phi) is 61.4. The number of unbranched alkanes of at least 4 members (excludes halogenated alkanes) is 19. The Bertz CT molecular complexity index is 1780. The molecule has 79 heavy (non-hydrogen) atoms. The normalized spacial score (nSPS) is 13.2. The van der Waals surface area contributed by atoms with Crippen LogP contribution in [0.25, 0.3) is 0 Å². The molecule has 6 nitrogen and oxygen atoms in total. The first kappa shape index (κ1) is 74.0. The molecule has 1 atom stereocenters. The molecule has 0 aliphatic carbocycles. The zero-order valence-corrected chi connectivity index (χ0v) is 50.8. The van der Waals surface area contributed by atoms with Crippen molar-refractivity contribution in [2.45, 2.75) is 271 Å². The number of ether oxygens (including phenoxy) is 3. The Morgan fingerprint density at radius 2 is 0.456 bits per heavy atom. The van der Waals surface area contributed by atoms with Crippen molar-refractivity contribution in [3.05, 3.63) is 158 Å². The van der Waals surface area contributed by atoms with Crippen LogP contribution in [0.15, 0.2) is 158 Å². The molecule has 0 N–H and O–H groups in total. The number of carbonyl (C=O) groups is 3. The van der Waals surface area contributed by atoms with Gasteiger partial charge in [0.15, 0.2) is 6.10 Å². The minimum Gasteiger partial charge on any atom is -0.462 e. The standard InChI is InChI=1S/C73H116O6/c1-4-7-10-13-16-19-22-25-28-31-33-35-36-38-39-42-45-48-51-54-57-60-63-66-72(75)78-69-70(68-77-71(74)65-62-59-56-53-50-47-44-41-30-27-24-21-18-15-12-9-6-3)79-73(76)67-64-61-58-55-52-49-46-43-40-37-34-32-29-26-23-20-17-14-11-8-5-2/h7-12,16-21,25-30,33-35,37,43,46,52,55,70H,4-6,13-15,22-24,31-32,36,38-42,44-45,47-51,53-54,56-69H2,1-3H3/b10-7-,11-8-,12-9-,19-16-,20-17-,21-18-,28-25-,29-26-,30-27-,35-33-,37-34-,46-43-,55-52-. The van der Waals surface area contributed by atoms with Crippen molar-refractivity contribution in [3.8, 4) is 0 Å². The van der Waals surface area contributed by atoms with Crippen molar-refractivity contribution in [1.29, 1.82) is 0 Å². The van der Waals surface area contributed by atoms with Gasteiger partial charge in [-0.2, -0.15) is 0 Å². The molecule has 0 bridgehead atoms. The van der Waals surface area contributed by atoms with Gasteiger partial charge in [-0.05, 0) is 141 Å². The van der Waals surface area contributed by atoms with E-state index in [9.17, 15) is 14.4 Å². The summed E-state index contributed by atoms with van der Waals surface area (Å²) in [7, 11) is 0. The maximum absolute atomic E-state index is 12.9. The third-order valence-corrected chi connectivity index (χ3v) is 13.0. The van der Waals surface area contributed by atoms with Crippen molar-refractivity contribution in [2.24, 2.45) is 0 Å². The molecule has 0 saturated heterocycles. The molecule has 0 amide bonds. The van der Waals surface area contributed by atoms with Crippen LogP contribution in [-0.2, 0) is 28.6 Å². The van der Waals surface area contributed by atoms with Gasteiger partial charge in [-0.3, -0.25) is 14.4 Å². The largest absolute Gasteiger partial charge is 0.462 e.